The summed E-state index contributed by atoms with van der Waals surface area (Å²) in [4.78, 5) is 26.6. The Balaban J connectivity index is 1.59. The third-order valence-corrected chi connectivity index (χ3v) is 12.5. The van der Waals surface area contributed by atoms with E-state index >= 15 is 0 Å². The minimum atomic E-state index is -0.424. The molecule has 0 aromatic rings. The Morgan fingerprint density at radius 3 is 1.17 bits per heavy atom. The first-order valence-corrected chi connectivity index (χ1v) is 25.4. The van der Waals surface area contributed by atoms with Gasteiger partial charge >= 0.3 is 11.9 Å². The largest absolute Gasteiger partial charge is 0.464 e. The van der Waals surface area contributed by atoms with Crippen LogP contribution in [0.1, 0.15) is 233 Å². The molecule has 0 aliphatic carbocycles. The third kappa shape index (κ3) is 26.0. The molecule has 0 spiro atoms. The topological polar surface area (TPSA) is 92.8 Å². The highest BCUT2D eigenvalue weighted by molar-refractivity contribution is 7.78. The minimum absolute atomic E-state index is 0.0740. The van der Waals surface area contributed by atoms with Crippen LogP contribution in [0, 0.1) is 0 Å². The van der Waals surface area contributed by atoms with E-state index in [1.54, 1.807) is 0 Å². The van der Waals surface area contributed by atoms with Gasteiger partial charge in [-0.3, -0.25) is 9.59 Å². The molecule has 0 aromatic carbocycles. The molecule has 2 aliphatic heterocycles. The fourth-order valence-corrected chi connectivity index (χ4v) is 8.66. The predicted molar refractivity (Wildman–Crippen MR) is 245 cm³/mol. The molecule has 2 rings (SSSR count). The van der Waals surface area contributed by atoms with Gasteiger partial charge in [0.05, 0.1) is 44.1 Å². The lowest BCUT2D eigenvalue weighted by Crippen LogP contribution is -2.34. The van der Waals surface area contributed by atoms with Crippen molar-refractivity contribution in [3.8, 4) is 0 Å². The summed E-state index contributed by atoms with van der Waals surface area (Å²) in [5.74, 6) is -1.64. The molecule has 0 amide bonds. The molecule has 346 valence electrons. The van der Waals surface area contributed by atoms with E-state index in [-0.39, 0.29) is 25.3 Å². The second-order valence-corrected chi connectivity index (χ2v) is 17.9. The number of ether oxygens (including phenoxy) is 6. The van der Waals surface area contributed by atoms with E-state index in [0.29, 0.717) is 26.4 Å². The van der Waals surface area contributed by atoms with Crippen LogP contribution in [0.25, 0.3) is 0 Å². The van der Waals surface area contributed by atoms with Crippen molar-refractivity contribution in [2.24, 2.45) is 0 Å². The number of carbonyl (C=O) groups is 2. The van der Waals surface area contributed by atoms with E-state index in [1.165, 1.54) is 126 Å². The van der Waals surface area contributed by atoms with Gasteiger partial charge in [-0.2, -0.15) is 0 Å². The molecule has 4 atom stereocenters. The van der Waals surface area contributed by atoms with Gasteiger partial charge in [0, 0.05) is 25.7 Å². The van der Waals surface area contributed by atoms with Gasteiger partial charge in [0.15, 0.2) is 11.6 Å². The second kappa shape index (κ2) is 35.2. The average Bonchev–Trinajstić information content (AvgIpc) is 3.84. The summed E-state index contributed by atoms with van der Waals surface area (Å²) in [6.07, 6.45) is 36.9. The van der Waals surface area contributed by atoms with Crippen molar-refractivity contribution in [3.63, 3.8) is 0 Å². The Kier molecular flexibility index (Phi) is 32.1. The normalized spacial score (nSPS) is 21.6. The molecule has 0 saturated carbocycles. The highest BCUT2D eigenvalue weighted by Crippen LogP contribution is 2.37. The number of unbranched alkanes of at least 4 members (excludes halogenated alkanes) is 20. The molecule has 2 heterocycles. The standard InChI is InChI=1S/C49H91NO8S/c1-5-9-13-17-19-21-27-35-48(33-25-15-11-7-3)55-41-44(57-48)31-23-29-37-53-46(51)39-50(43-59)40-47(52)54-38-30-24-32-45-42-56-49(58-45,34-26-16-12-8-4)36-28-22-20-18-14-10-6-2/h43-45H,5-42H2,1-4H3. The minimum Gasteiger partial charge on any atom is -0.464 e. The van der Waals surface area contributed by atoms with E-state index in [1.807, 2.05) is 0 Å². The van der Waals surface area contributed by atoms with E-state index in [4.69, 9.17) is 40.6 Å². The van der Waals surface area contributed by atoms with Crippen LogP contribution in [0.15, 0.2) is 0 Å². The van der Waals surface area contributed by atoms with Crippen molar-refractivity contribution >= 4 is 29.6 Å². The maximum Gasteiger partial charge on any atom is 0.325 e. The van der Waals surface area contributed by atoms with Gasteiger partial charge in [-0.15, -0.1) is 0 Å². The molecule has 0 aromatic heterocycles. The van der Waals surface area contributed by atoms with Crippen molar-refractivity contribution in [3.05, 3.63) is 0 Å². The van der Waals surface area contributed by atoms with Gasteiger partial charge in [-0.05, 0) is 64.2 Å². The molecular formula is C49H91NO8S. The van der Waals surface area contributed by atoms with Gasteiger partial charge in [0.25, 0.3) is 0 Å². The van der Waals surface area contributed by atoms with Crippen molar-refractivity contribution in [2.45, 2.75) is 257 Å². The molecule has 2 saturated heterocycles. The Morgan fingerprint density at radius 1 is 0.508 bits per heavy atom. The molecular weight excluding hydrogens is 763 g/mol. The van der Waals surface area contributed by atoms with Crippen LogP contribution in [0.2, 0.25) is 0 Å². The summed E-state index contributed by atoms with van der Waals surface area (Å²) in [5.41, 5.74) is 1.33. The van der Waals surface area contributed by atoms with Crippen LogP contribution in [0.5, 0.6) is 0 Å². The van der Waals surface area contributed by atoms with Crippen molar-refractivity contribution < 1.29 is 38.0 Å². The fourth-order valence-electron chi connectivity index (χ4n) is 8.51. The Morgan fingerprint density at radius 2 is 0.831 bits per heavy atom. The van der Waals surface area contributed by atoms with Crippen LogP contribution in [0.4, 0.5) is 0 Å². The molecule has 2 aliphatic rings. The highest BCUT2D eigenvalue weighted by atomic mass is 32.1. The number of nitrogens with zero attached hydrogens (tertiary/aromatic N) is 1. The zero-order chi connectivity index (χ0) is 42.7. The Bertz CT molecular complexity index is 973. The lowest BCUT2D eigenvalue weighted by Gasteiger charge is -2.28. The monoisotopic (exact) mass is 854 g/mol. The van der Waals surface area contributed by atoms with Crippen LogP contribution in [0.3, 0.4) is 0 Å². The molecule has 0 N–H and O–H groups in total. The van der Waals surface area contributed by atoms with Gasteiger partial charge in [-0.25, -0.2) is 0 Å². The van der Waals surface area contributed by atoms with E-state index < -0.39 is 23.5 Å². The fraction of sp³-hybridized carbons (Fsp3) is 0.939. The maximum atomic E-state index is 12.6. The Labute approximate surface area is 367 Å². The van der Waals surface area contributed by atoms with Crippen molar-refractivity contribution in [1.82, 2.24) is 4.90 Å². The first kappa shape index (κ1) is 53.8. The number of rotatable bonds is 41. The summed E-state index contributed by atoms with van der Waals surface area (Å²) >= 11 is 5.10. The van der Waals surface area contributed by atoms with Gasteiger partial charge in [0.2, 0.25) is 0 Å². The summed E-state index contributed by atoms with van der Waals surface area (Å²) < 4.78 is 37.0. The number of hydrogen-bond donors (Lipinski definition) is 0. The molecule has 59 heavy (non-hydrogen) atoms. The SMILES string of the molecule is CCCCCCCCCC1(CCCCCC)OCC(CCCCOC(=O)CN(C=S)CC(=O)OCCCCC2COC(CCCCCC)(CCCCCCCCC)O2)O1. The smallest absolute Gasteiger partial charge is 0.325 e. The maximum absolute atomic E-state index is 12.6. The number of hydrogen-bond acceptors (Lipinski definition) is 9. The third-order valence-electron chi connectivity index (χ3n) is 12.2. The molecule has 4 unspecified atom stereocenters. The van der Waals surface area contributed by atoms with Crippen LogP contribution >= 0.6 is 12.2 Å². The molecule has 10 heteroatoms. The Hall–Kier alpha value is -1.33. The average molecular weight is 854 g/mol. The lowest BCUT2D eigenvalue weighted by atomic mass is 9.99. The van der Waals surface area contributed by atoms with E-state index in [0.717, 1.165) is 89.9 Å². The van der Waals surface area contributed by atoms with E-state index in [9.17, 15) is 9.59 Å². The lowest BCUT2D eigenvalue weighted by molar-refractivity contribution is -0.180. The molecule has 2 fully saturated rings. The summed E-state index contributed by atoms with van der Waals surface area (Å²) in [7, 11) is 0. The van der Waals surface area contributed by atoms with Gasteiger partial charge < -0.3 is 33.3 Å². The quantitative estimate of drug-likeness (QED) is 0.0336. The van der Waals surface area contributed by atoms with Crippen LogP contribution in [-0.4, -0.2) is 85.6 Å². The predicted octanol–water partition coefficient (Wildman–Crippen LogP) is 13.1. The number of carbonyl (C=O) groups excluding carboxylic acids is 2. The van der Waals surface area contributed by atoms with Crippen molar-refractivity contribution in [1.29, 1.82) is 0 Å². The molecule has 0 bridgehead atoms. The van der Waals surface area contributed by atoms with Gasteiger partial charge in [0.1, 0.15) is 13.1 Å². The highest BCUT2D eigenvalue weighted by Gasteiger charge is 2.41. The van der Waals surface area contributed by atoms with Gasteiger partial charge in [-0.1, -0.05) is 155 Å². The van der Waals surface area contributed by atoms with Crippen molar-refractivity contribution in [2.75, 3.05) is 39.5 Å². The zero-order valence-electron chi connectivity index (χ0n) is 38.7. The number of thiocarbonyl (C=S) groups is 1. The first-order chi connectivity index (χ1) is 28.8. The van der Waals surface area contributed by atoms with Crippen LogP contribution in [-0.2, 0) is 38.0 Å². The summed E-state index contributed by atoms with van der Waals surface area (Å²) in [6.45, 7) is 10.8. The van der Waals surface area contributed by atoms with Crippen LogP contribution < -0.4 is 0 Å². The van der Waals surface area contributed by atoms with E-state index in [2.05, 4.69) is 27.7 Å². The first-order valence-electron chi connectivity index (χ1n) is 25.0. The number of esters is 2. The summed E-state index contributed by atoms with van der Waals surface area (Å²) in [6, 6.07) is 0. The molecule has 0 radical (unpaired) electrons. The second-order valence-electron chi connectivity index (χ2n) is 17.7. The summed E-state index contributed by atoms with van der Waals surface area (Å²) in [5, 5.41) is 0. The zero-order valence-corrected chi connectivity index (χ0v) is 39.5. The molecule has 9 nitrogen and oxygen atoms in total.